The Labute approximate surface area is 504 Å². The Morgan fingerprint density at radius 2 is 0.695 bits per heavy atom. The number of carbonyl (C=O) groups excluding carboxylic acids is 2. The van der Waals surface area contributed by atoms with Crippen molar-refractivity contribution in [2.75, 3.05) is 47.5 Å². The van der Waals surface area contributed by atoms with Crippen LogP contribution >= 0.6 is 7.82 Å². The molecule has 0 saturated carbocycles. The number of phosphoric ester groups is 1. The summed E-state index contributed by atoms with van der Waals surface area (Å²) in [7, 11) is 1.44. The van der Waals surface area contributed by atoms with Gasteiger partial charge in [-0.25, -0.2) is 4.57 Å². The minimum absolute atomic E-state index is 0.0197. The molecule has 0 bridgehead atoms. The number of esters is 2. The molecule has 0 rings (SSSR count). The van der Waals surface area contributed by atoms with Gasteiger partial charge in [-0.2, -0.15) is 0 Å². The van der Waals surface area contributed by atoms with Crippen molar-refractivity contribution in [3.63, 3.8) is 0 Å². The molecule has 0 aliphatic carbocycles. The fourth-order valence-electron chi connectivity index (χ4n) is 8.63. The van der Waals surface area contributed by atoms with Gasteiger partial charge in [0.1, 0.15) is 19.8 Å². The zero-order chi connectivity index (χ0) is 59.8. The zero-order valence-electron chi connectivity index (χ0n) is 53.2. The fraction of sp³-hybridized carbons (Fsp3) is 0.667. The maximum absolute atomic E-state index is 12.8. The van der Waals surface area contributed by atoms with Crippen LogP contribution in [-0.2, 0) is 32.7 Å². The molecule has 2 unspecified atom stereocenters. The Hall–Kier alpha value is -3.85. The largest absolute Gasteiger partial charge is 0.472 e. The summed E-state index contributed by atoms with van der Waals surface area (Å²) in [6.07, 6.45) is 89.6. The topological polar surface area (TPSA) is 108 Å². The molecule has 468 valence electrons. The molecule has 1 N–H and O–H groups in total. The highest BCUT2D eigenvalue weighted by molar-refractivity contribution is 7.47. The Morgan fingerprint density at radius 1 is 0.390 bits per heavy atom. The minimum atomic E-state index is -4.41. The highest BCUT2D eigenvalue weighted by atomic mass is 31.2. The van der Waals surface area contributed by atoms with Gasteiger partial charge in [0.2, 0.25) is 0 Å². The lowest BCUT2D eigenvalue weighted by molar-refractivity contribution is -0.870. The number of hydrogen-bond acceptors (Lipinski definition) is 7. The number of likely N-dealkylation sites (N-methyl/N-ethyl adjacent to an activating group) is 1. The van der Waals surface area contributed by atoms with E-state index in [1.807, 2.05) is 21.1 Å². The maximum Gasteiger partial charge on any atom is 0.472 e. The van der Waals surface area contributed by atoms with Gasteiger partial charge in [-0.1, -0.05) is 263 Å². The second-order valence-corrected chi connectivity index (χ2v) is 24.2. The molecule has 0 aliphatic rings. The number of ether oxygens (including phenoxy) is 2. The zero-order valence-corrected chi connectivity index (χ0v) is 54.1. The van der Waals surface area contributed by atoms with Gasteiger partial charge < -0.3 is 18.9 Å². The standard InChI is InChI=1S/C72H122NO8P/c1-6-8-10-12-14-16-18-20-22-24-26-28-30-31-32-33-34-35-36-37-38-39-40-41-43-45-47-49-51-53-55-57-59-61-63-65-72(75)81-70(69-80-82(76,77)79-67-66-73(3,4)5)68-78-71(74)64-62-60-58-56-54-52-50-48-46-44-42-29-27-25-23-21-19-17-15-13-11-9-7-2/h8,10,14,16,20,22,25-28,31-32,34-35,37-38,40-41,45,47,51,53,70H,6-7,9,11-13,15,17-19,21,23-24,29-30,33,36,39,42-44,46,48-50,52,54-69H2,1-5H3/p+1/b10-8-,16-14-,22-20-,27-25-,28-26-,32-31-,35-34-,38-37-,41-40-,47-45-,53-51-. The summed E-state index contributed by atoms with van der Waals surface area (Å²) in [4.78, 5) is 35.8. The molecule has 0 amide bonds. The molecule has 0 saturated heterocycles. The van der Waals surface area contributed by atoms with Crippen molar-refractivity contribution in [3.05, 3.63) is 134 Å². The SMILES string of the molecule is CC/C=C\C/C=C\C/C=C\C/C=C\C/C=C\C/C=C\C/C=C\C/C=C\C/C=C\C/C=C\CCCCCCC(=O)OC(COC(=O)CCCCCCCCCCCCC/C=C\CCCCCCCCCC)COP(=O)(O)OCC[N+](C)(C)C. The first kappa shape index (κ1) is 78.1. The van der Waals surface area contributed by atoms with E-state index >= 15 is 0 Å². The van der Waals surface area contributed by atoms with Crippen LogP contribution in [0.1, 0.15) is 258 Å². The number of quaternary nitrogens is 1. The molecule has 0 heterocycles. The number of unbranched alkanes of at least 4 members (excludes halogenated alkanes) is 23. The summed E-state index contributed by atoms with van der Waals surface area (Å²) < 4.78 is 34.6. The van der Waals surface area contributed by atoms with E-state index in [9.17, 15) is 19.0 Å². The van der Waals surface area contributed by atoms with E-state index in [4.69, 9.17) is 18.5 Å². The van der Waals surface area contributed by atoms with Crippen LogP contribution in [0.2, 0.25) is 0 Å². The molecule has 0 fully saturated rings. The molecule has 0 aromatic rings. The van der Waals surface area contributed by atoms with Gasteiger partial charge in [0.15, 0.2) is 6.10 Å². The molecule has 0 aromatic carbocycles. The number of nitrogens with zero attached hydrogens (tertiary/aromatic N) is 1. The maximum atomic E-state index is 12.8. The van der Waals surface area contributed by atoms with E-state index < -0.39 is 26.5 Å². The number of rotatable bonds is 59. The quantitative estimate of drug-likeness (QED) is 0.0211. The Bertz CT molecular complexity index is 1850. The number of allylic oxidation sites excluding steroid dienone is 22. The van der Waals surface area contributed by atoms with Crippen molar-refractivity contribution >= 4 is 19.8 Å². The van der Waals surface area contributed by atoms with E-state index in [2.05, 4.69) is 148 Å². The van der Waals surface area contributed by atoms with E-state index in [0.717, 1.165) is 109 Å². The predicted molar refractivity (Wildman–Crippen MR) is 353 cm³/mol. The van der Waals surface area contributed by atoms with Gasteiger partial charge >= 0.3 is 19.8 Å². The van der Waals surface area contributed by atoms with Crippen LogP contribution in [0.15, 0.2) is 134 Å². The van der Waals surface area contributed by atoms with Crippen LogP contribution in [0.5, 0.6) is 0 Å². The van der Waals surface area contributed by atoms with Crippen molar-refractivity contribution in [1.29, 1.82) is 0 Å². The summed E-state index contributed by atoms with van der Waals surface area (Å²) in [5, 5.41) is 0. The molecule has 10 heteroatoms. The molecule has 2 atom stereocenters. The fourth-order valence-corrected chi connectivity index (χ4v) is 9.37. The highest BCUT2D eigenvalue weighted by Gasteiger charge is 2.27. The van der Waals surface area contributed by atoms with Crippen LogP contribution in [0.3, 0.4) is 0 Å². The molecule has 0 aliphatic heterocycles. The van der Waals surface area contributed by atoms with E-state index in [-0.39, 0.29) is 32.0 Å². The average Bonchev–Trinajstić information content (AvgIpc) is 3.45. The molecule has 9 nitrogen and oxygen atoms in total. The molecule has 82 heavy (non-hydrogen) atoms. The van der Waals surface area contributed by atoms with Crippen LogP contribution < -0.4 is 0 Å². The molecule has 0 aromatic heterocycles. The number of carbonyl (C=O) groups is 2. The highest BCUT2D eigenvalue weighted by Crippen LogP contribution is 2.43. The van der Waals surface area contributed by atoms with Crippen LogP contribution in [0.25, 0.3) is 0 Å². The van der Waals surface area contributed by atoms with Gasteiger partial charge in [-0.3, -0.25) is 18.6 Å². The van der Waals surface area contributed by atoms with Crippen LogP contribution in [0, 0.1) is 0 Å². The lowest BCUT2D eigenvalue weighted by Crippen LogP contribution is -2.37. The molecular weight excluding hydrogens is 1040 g/mol. The third-order valence-corrected chi connectivity index (χ3v) is 14.6. The second kappa shape index (κ2) is 61.7. The van der Waals surface area contributed by atoms with Crippen molar-refractivity contribution in [2.45, 2.75) is 264 Å². The predicted octanol–water partition coefficient (Wildman–Crippen LogP) is 21.3. The summed E-state index contributed by atoms with van der Waals surface area (Å²) >= 11 is 0. The van der Waals surface area contributed by atoms with Crippen molar-refractivity contribution in [2.24, 2.45) is 0 Å². The first-order valence-corrected chi connectivity index (χ1v) is 34.4. The van der Waals surface area contributed by atoms with E-state index in [1.165, 1.54) is 116 Å². The van der Waals surface area contributed by atoms with Gasteiger partial charge in [0.05, 0.1) is 27.7 Å². The second-order valence-electron chi connectivity index (χ2n) is 22.8. The molecular formula is C72H123NO8P+. The lowest BCUT2D eigenvalue weighted by atomic mass is 10.0. The summed E-state index contributed by atoms with van der Waals surface area (Å²) in [6.45, 7) is 4.29. The first-order valence-electron chi connectivity index (χ1n) is 32.9. The van der Waals surface area contributed by atoms with E-state index in [1.54, 1.807) is 0 Å². The van der Waals surface area contributed by atoms with Crippen molar-refractivity contribution < 1.29 is 42.1 Å². The number of phosphoric acid groups is 1. The Kier molecular flexibility index (Phi) is 58.8. The lowest BCUT2D eigenvalue weighted by Gasteiger charge is -2.24. The Balaban J connectivity index is 4.21. The normalized spacial score (nSPS) is 14.1. The van der Waals surface area contributed by atoms with Crippen molar-refractivity contribution in [1.82, 2.24) is 0 Å². The third kappa shape index (κ3) is 65.3. The van der Waals surface area contributed by atoms with Gasteiger partial charge in [-0.05, 0) is 116 Å². The summed E-state index contributed by atoms with van der Waals surface area (Å²) in [5.41, 5.74) is 0. The average molecular weight is 1160 g/mol. The molecule has 0 radical (unpaired) electrons. The van der Waals surface area contributed by atoms with Gasteiger partial charge in [-0.15, -0.1) is 0 Å². The Morgan fingerprint density at radius 3 is 1.05 bits per heavy atom. The van der Waals surface area contributed by atoms with Crippen molar-refractivity contribution in [3.8, 4) is 0 Å². The van der Waals surface area contributed by atoms with Gasteiger partial charge in [0.25, 0.3) is 0 Å². The first-order chi connectivity index (χ1) is 40.0. The smallest absolute Gasteiger partial charge is 0.462 e. The third-order valence-electron chi connectivity index (χ3n) is 13.7. The molecule has 0 spiro atoms. The minimum Gasteiger partial charge on any atom is -0.462 e. The summed E-state index contributed by atoms with van der Waals surface area (Å²) in [5.74, 6) is -0.831. The van der Waals surface area contributed by atoms with Gasteiger partial charge in [0, 0.05) is 12.8 Å². The number of hydrogen-bond donors (Lipinski definition) is 1. The van der Waals surface area contributed by atoms with Crippen LogP contribution in [-0.4, -0.2) is 74.9 Å². The van der Waals surface area contributed by atoms with Crippen LogP contribution in [0.4, 0.5) is 0 Å². The van der Waals surface area contributed by atoms with E-state index in [0.29, 0.717) is 17.4 Å². The summed E-state index contributed by atoms with van der Waals surface area (Å²) in [6, 6.07) is 0. The monoisotopic (exact) mass is 1160 g/mol.